The molecule has 0 unspecified atom stereocenters. The van der Waals surface area contributed by atoms with Gasteiger partial charge in [0, 0.05) is 12.1 Å². The second kappa shape index (κ2) is 6.90. The average molecular weight is 357 g/mol. The van der Waals surface area contributed by atoms with Gasteiger partial charge in [0.1, 0.15) is 12.8 Å². The van der Waals surface area contributed by atoms with Crippen molar-refractivity contribution in [2.24, 2.45) is 12.1 Å². The fourth-order valence-corrected chi connectivity index (χ4v) is 1.24. The quantitative estimate of drug-likeness (QED) is 0.295. The Balaban J connectivity index is 0.00000162. The molecule has 0 radical (unpaired) electrons. The third-order valence-corrected chi connectivity index (χ3v) is 2.14. The van der Waals surface area contributed by atoms with E-state index in [1.54, 1.807) is 42.9 Å². The van der Waals surface area contributed by atoms with Crippen LogP contribution in [-0.2, 0) is 7.05 Å². The topological polar surface area (TPSA) is 58.5 Å². The number of pyridine rings is 1. The number of hydrogen-bond donors (Lipinski definition) is 1. The van der Waals surface area contributed by atoms with Crippen molar-refractivity contribution in [3.8, 4) is 0 Å². The molecule has 0 spiro atoms. The van der Waals surface area contributed by atoms with E-state index in [1.165, 1.54) is 6.21 Å². The summed E-state index contributed by atoms with van der Waals surface area (Å²) in [5, 5.41) is 3.79. The predicted molar refractivity (Wildman–Crippen MR) is 61.4 cm³/mol. The highest BCUT2D eigenvalue weighted by atomic mass is 127. The van der Waals surface area contributed by atoms with Crippen molar-refractivity contribution in [2.75, 3.05) is 0 Å². The molecule has 6 heteroatoms. The fourth-order valence-electron chi connectivity index (χ4n) is 1.24. The van der Waals surface area contributed by atoms with Crippen LogP contribution in [0.4, 0.5) is 0 Å². The monoisotopic (exact) mass is 357 g/mol. The number of carbonyl (C=O) groups excluding carboxylic acids is 1. The Labute approximate surface area is 122 Å². The van der Waals surface area contributed by atoms with Crippen molar-refractivity contribution in [1.82, 2.24) is 5.43 Å². The number of nitrogens with one attached hydrogen (secondary N) is 1. The predicted octanol–water partition coefficient (Wildman–Crippen LogP) is -2.13. The molecule has 1 N–H and O–H groups in total. The molecule has 2 heterocycles. The van der Waals surface area contributed by atoms with Gasteiger partial charge in [-0.05, 0) is 12.1 Å². The van der Waals surface area contributed by atoms with Crippen molar-refractivity contribution < 1.29 is 37.8 Å². The number of rotatable bonds is 3. The number of furan rings is 1. The Morgan fingerprint density at radius 3 is 2.72 bits per heavy atom. The molecule has 94 valence electrons. The second-order valence-electron chi connectivity index (χ2n) is 3.47. The minimum absolute atomic E-state index is 0. The first-order valence-electron chi connectivity index (χ1n) is 5.08. The van der Waals surface area contributed by atoms with Crippen LogP contribution in [0.1, 0.15) is 16.1 Å². The van der Waals surface area contributed by atoms with Gasteiger partial charge in [0.05, 0.1) is 18.0 Å². The summed E-state index contributed by atoms with van der Waals surface area (Å²) in [6, 6.07) is 6.94. The van der Waals surface area contributed by atoms with Crippen molar-refractivity contribution in [3.63, 3.8) is 0 Å². The molecule has 1 amide bonds. The van der Waals surface area contributed by atoms with E-state index in [4.69, 9.17) is 4.42 Å². The number of aryl methyl sites for hydroxylation is 1. The summed E-state index contributed by atoms with van der Waals surface area (Å²) in [4.78, 5) is 11.6. The number of hydrogen-bond acceptors (Lipinski definition) is 3. The lowest BCUT2D eigenvalue weighted by Gasteiger charge is -1.97. The van der Waals surface area contributed by atoms with Gasteiger partial charge in [0.15, 0.2) is 12.4 Å². The molecule has 18 heavy (non-hydrogen) atoms. The SMILES string of the molecule is C[n+]1ccc(C(=O)NN=Cc2ccco2)cc1.[I-]. The molecule has 2 rings (SSSR count). The van der Waals surface area contributed by atoms with E-state index in [-0.39, 0.29) is 29.9 Å². The summed E-state index contributed by atoms with van der Waals surface area (Å²) in [6.45, 7) is 0. The third-order valence-electron chi connectivity index (χ3n) is 2.14. The summed E-state index contributed by atoms with van der Waals surface area (Å²) in [7, 11) is 1.89. The number of amides is 1. The first-order chi connectivity index (χ1) is 8.25. The lowest BCUT2D eigenvalue weighted by atomic mass is 10.2. The highest BCUT2D eigenvalue weighted by molar-refractivity contribution is 5.94. The summed E-state index contributed by atoms with van der Waals surface area (Å²) < 4.78 is 6.88. The summed E-state index contributed by atoms with van der Waals surface area (Å²) in [6.07, 6.45) is 6.58. The van der Waals surface area contributed by atoms with E-state index < -0.39 is 0 Å². The first-order valence-corrected chi connectivity index (χ1v) is 5.08. The second-order valence-corrected chi connectivity index (χ2v) is 3.47. The smallest absolute Gasteiger partial charge is 0.271 e. The van der Waals surface area contributed by atoms with Crippen LogP contribution in [0.3, 0.4) is 0 Å². The maximum atomic E-state index is 11.6. The fraction of sp³-hybridized carbons (Fsp3) is 0.0833. The lowest BCUT2D eigenvalue weighted by Crippen LogP contribution is -3.00. The van der Waals surface area contributed by atoms with Crippen LogP contribution >= 0.6 is 0 Å². The van der Waals surface area contributed by atoms with Gasteiger partial charge in [-0.3, -0.25) is 4.79 Å². The largest absolute Gasteiger partial charge is 1.00 e. The number of nitrogens with zero attached hydrogens (tertiary/aromatic N) is 2. The van der Waals surface area contributed by atoms with Crippen molar-refractivity contribution in [2.45, 2.75) is 0 Å². The van der Waals surface area contributed by atoms with E-state index >= 15 is 0 Å². The molecule has 2 aromatic heterocycles. The Kier molecular flexibility index (Phi) is 5.50. The molecule has 0 bridgehead atoms. The van der Waals surface area contributed by atoms with E-state index in [2.05, 4.69) is 10.5 Å². The maximum Gasteiger partial charge on any atom is 0.271 e. The lowest BCUT2D eigenvalue weighted by molar-refractivity contribution is -0.671. The molecular formula is C12H12IN3O2. The van der Waals surface area contributed by atoms with Crippen molar-refractivity contribution >= 4 is 12.1 Å². The highest BCUT2D eigenvalue weighted by Gasteiger charge is 2.05. The van der Waals surface area contributed by atoms with Gasteiger partial charge in [-0.2, -0.15) is 5.10 Å². The van der Waals surface area contributed by atoms with Gasteiger partial charge in [-0.1, -0.05) is 0 Å². The van der Waals surface area contributed by atoms with Crippen molar-refractivity contribution in [3.05, 3.63) is 54.2 Å². The van der Waals surface area contributed by atoms with E-state index in [9.17, 15) is 4.79 Å². The van der Waals surface area contributed by atoms with Crippen molar-refractivity contribution in [1.29, 1.82) is 0 Å². The summed E-state index contributed by atoms with van der Waals surface area (Å²) in [5.74, 6) is 0.332. The molecule has 0 aromatic carbocycles. The number of carbonyl (C=O) groups is 1. The molecule has 0 fully saturated rings. The van der Waals surface area contributed by atoms with E-state index in [0.717, 1.165) is 0 Å². The van der Waals surface area contributed by atoms with Gasteiger partial charge in [0.2, 0.25) is 0 Å². The van der Waals surface area contributed by atoms with E-state index in [1.807, 2.05) is 11.6 Å². The normalized spacial score (nSPS) is 10.1. The van der Waals surface area contributed by atoms with Gasteiger partial charge in [-0.15, -0.1) is 0 Å². The minimum atomic E-state index is -0.256. The first kappa shape index (κ1) is 14.4. The molecule has 0 atom stereocenters. The van der Waals surface area contributed by atoms with Gasteiger partial charge >= 0.3 is 0 Å². The van der Waals surface area contributed by atoms with Gasteiger partial charge < -0.3 is 28.4 Å². The number of halogens is 1. The minimum Gasteiger partial charge on any atom is -1.00 e. The zero-order valence-electron chi connectivity index (χ0n) is 9.71. The Morgan fingerprint density at radius 2 is 2.11 bits per heavy atom. The number of aromatic nitrogens is 1. The van der Waals surface area contributed by atoms with E-state index in [0.29, 0.717) is 11.3 Å². The van der Waals surface area contributed by atoms with Crippen LogP contribution in [0.25, 0.3) is 0 Å². The Morgan fingerprint density at radius 1 is 1.39 bits per heavy atom. The summed E-state index contributed by atoms with van der Waals surface area (Å²) in [5.41, 5.74) is 2.97. The molecule has 0 saturated heterocycles. The zero-order chi connectivity index (χ0) is 12.1. The molecular weight excluding hydrogens is 345 g/mol. The zero-order valence-corrected chi connectivity index (χ0v) is 11.9. The third kappa shape index (κ3) is 3.95. The van der Waals surface area contributed by atoms with Crippen LogP contribution in [0, 0.1) is 0 Å². The van der Waals surface area contributed by atoms with Crippen LogP contribution in [-0.4, -0.2) is 12.1 Å². The van der Waals surface area contributed by atoms with Crippen LogP contribution in [0.2, 0.25) is 0 Å². The average Bonchev–Trinajstić information content (AvgIpc) is 2.83. The van der Waals surface area contributed by atoms with Crippen LogP contribution < -0.4 is 34.0 Å². The molecule has 5 nitrogen and oxygen atoms in total. The van der Waals surface area contributed by atoms with Crippen LogP contribution in [0.15, 0.2) is 52.4 Å². The highest BCUT2D eigenvalue weighted by Crippen LogP contribution is 1.96. The molecule has 0 aliphatic rings. The van der Waals surface area contributed by atoms with Gasteiger partial charge in [0.25, 0.3) is 5.91 Å². The van der Waals surface area contributed by atoms with Crippen LogP contribution in [0.5, 0.6) is 0 Å². The Bertz CT molecular complexity index is 521. The number of hydrazone groups is 1. The van der Waals surface area contributed by atoms with Gasteiger partial charge in [-0.25, -0.2) is 9.99 Å². The maximum absolute atomic E-state index is 11.6. The Hall–Kier alpha value is -1.70. The molecule has 0 aliphatic carbocycles. The molecule has 0 aliphatic heterocycles. The molecule has 2 aromatic rings. The summed E-state index contributed by atoms with van der Waals surface area (Å²) >= 11 is 0. The molecule has 0 saturated carbocycles. The standard InChI is InChI=1S/C12H11N3O2.HI/c1-15-6-4-10(5-7-15)12(16)14-13-9-11-3-2-8-17-11;/h2-9H,1H3;1H.